The Morgan fingerprint density at radius 2 is 1.91 bits per heavy atom. The van der Waals surface area contributed by atoms with Crippen LogP contribution >= 0.6 is 0 Å². The van der Waals surface area contributed by atoms with Gasteiger partial charge < -0.3 is 9.80 Å². The maximum absolute atomic E-state index is 12.8. The summed E-state index contributed by atoms with van der Waals surface area (Å²) in [6.45, 7) is 4.53. The fourth-order valence-corrected chi connectivity index (χ4v) is 3.08. The van der Waals surface area contributed by atoms with Gasteiger partial charge in [-0.3, -0.25) is 9.78 Å². The van der Waals surface area contributed by atoms with Gasteiger partial charge in [-0.2, -0.15) is 0 Å². The summed E-state index contributed by atoms with van der Waals surface area (Å²) >= 11 is 0. The molecule has 1 aliphatic carbocycles. The monoisotopic (exact) mass is 308 g/mol. The lowest BCUT2D eigenvalue weighted by Gasteiger charge is -2.37. The number of carbonyl (C=O) groups is 1. The number of anilines is 2. The Bertz CT molecular complexity index is 724. The molecule has 0 saturated heterocycles. The van der Waals surface area contributed by atoms with Gasteiger partial charge in [0.1, 0.15) is 5.69 Å². The molecule has 5 nitrogen and oxygen atoms in total. The van der Waals surface area contributed by atoms with Crippen LogP contribution in [0.3, 0.4) is 0 Å². The summed E-state index contributed by atoms with van der Waals surface area (Å²) in [5.41, 5.74) is 3.35. The van der Waals surface area contributed by atoms with E-state index >= 15 is 0 Å². The maximum atomic E-state index is 12.8. The van der Waals surface area contributed by atoms with Crippen molar-refractivity contribution in [2.45, 2.75) is 19.8 Å². The number of amides is 1. The van der Waals surface area contributed by atoms with Gasteiger partial charge in [0.2, 0.25) is 0 Å². The van der Waals surface area contributed by atoms with Gasteiger partial charge in [-0.15, -0.1) is 0 Å². The first kappa shape index (κ1) is 14.2. The molecule has 0 bridgehead atoms. The van der Waals surface area contributed by atoms with Crippen molar-refractivity contribution in [3.63, 3.8) is 0 Å². The third-order valence-electron chi connectivity index (χ3n) is 4.53. The summed E-state index contributed by atoms with van der Waals surface area (Å²) in [6, 6.07) is 8.16. The summed E-state index contributed by atoms with van der Waals surface area (Å²) in [7, 11) is 0. The van der Waals surface area contributed by atoms with E-state index in [1.54, 1.807) is 12.4 Å². The molecule has 1 aromatic heterocycles. The number of aryl methyl sites for hydroxylation is 1. The molecule has 1 saturated carbocycles. The topological polar surface area (TPSA) is 49.3 Å². The molecule has 0 N–H and O–H groups in total. The lowest BCUT2D eigenvalue weighted by Crippen LogP contribution is -2.45. The number of benzene rings is 1. The number of aromatic nitrogens is 2. The van der Waals surface area contributed by atoms with E-state index in [1.807, 2.05) is 30.0 Å². The summed E-state index contributed by atoms with van der Waals surface area (Å²) in [5, 5.41) is 0. The Morgan fingerprint density at radius 3 is 2.61 bits per heavy atom. The number of nitrogens with zero attached hydrogens (tertiary/aromatic N) is 4. The minimum atomic E-state index is -0.0731. The molecule has 118 valence electrons. The molecule has 2 heterocycles. The molecule has 0 unspecified atom stereocenters. The first-order chi connectivity index (χ1) is 11.2. The van der Waals surface area contributed by atoms with Crippen LogP contribution < -0.4 is 9.80 Å². The summed E-state index contributed by atoms with van der Waals surface area (Å²) < 4.78 is 0. The zero-order chi connectivity index (χ0) is 15.8. The van der Waals surface area contributed by atoms with Crippen molar-refractivity contribution in [1.29, 1.82) is 0 Å². The van der Waals surface area contributed by atoms with Gasteiger partial charge in [-0.1, -0.05) is 12.1 Å². The van der Waals surface area contributed by atoms with Crippen molar-refractivity contribution >= 4 is 17.3 Å². The zero-order valence-corrected chi connectivity index (χ0v) is 13.3. The molecule has 0 radical (unpaired) electrons. The molecular formula is C18H20N4O. The van der Waals surface area contributed by atoms with Gasteiger partial charge >= 0.3 is 0 Å². The van der Waals surface area contributed by atoms with Gasteiger partial charge in [0.05, 0.1) is 23.3 Å². The predicted octanol–water partition coefficient (Wildman–Crippen LogP) is 2.66. The minimum Gasteiger partial charge on any atom is -0.368 e. The van der Waals surface area contributed by atoms with Crippen molar-refractivity contribution < 1.29 is 4.79 Å². The molecule has 0 spiro atoms. The average Bonchev–Trinajstić information content (AvgIpc) is 3.39. The van der Waals surface area contributed by atoms with Crippen molar-refractivity contribution in [3.8, 4) is 0 Å². The molecule has 1 amide bonds. The first-order valence-corrected chi connectivity index (χ1v) is 8.17. The van der Waals surface area contributed by atoms with E-state index in [4.69, 9.17) is 0 Å². The van der Waals surface area contributed by atoms with E-state index in [9.17, 15) is 4.79 Å². The highest BCUT2D eigenvalue weighted by Gasteiger charge is 2.31. The number of rotatable bonds is 3. The third kappa shape index (κ3) is 2.79. The highest BCUT2D eigenvalue weighted by atomic mass is 16.2. The van der Waals surface area contributed by atoms with Crippen molar-refractivity contribution in [2.75, 3.05) is 29.4 Å². The first-order valence-electron chi connectivity index (χ1n) is 8.17. The number of fused-ring (bicyclic) bond motifs is 1. The SMILES string of the molecule is Cc1cnc(C(=O)N2CCN(CC3CC3)c3ccccc32)cn1. The predicted molar refractivity (Wildman–Crippen MR) is 89.8 cm³/mol. The smallest absolute Gasteiger partial charge is 0.278 e. The lowest BCUT2D eigenvalue weighted by molar-refractivity contribution is 0.0981. The average molecular weight is 308 g/mol. The maximum Gasteiger partial charge on any atom is 0.278 e. The second kappa shape index (κ2) is 5.65. The van der Waals surface area contributed by atoms with E-state index in [2.05, 4.69) is 20.9 Å². The van der Waals surface area contributed by atoms with Crippen molar-refractivity contribution in [3.05, 3.63) is 48.0 Å². The fraction of sp³-hybridized carbons (Fsp3) is 0.389. The van der Waals surface area contributed by atoms with Crippen LogP contribution in [-0.4, -0.2) is 35.5 Å². The Morgan fingerprint density at radius 1 is 1.13 bits per heavy atom. The Hall–Kier alpha value is -2.43. The summed E-state index contributed by atoms with van der Waals surface area (Å²) in [4.78, 5) is 25.5. The quantitative estimate of drug-likeness (QED) is 0.874. The Labute approximate surface area is 136 Å². The molecule has 1 aliphatic heterocycles. The van der Waals surface area contributed by atoms with Crippen LogP contribution in [0.25, 0.3) is 0 Å². The van der Waals surface area contributed by atoms with E-state index in [-0.39, 0.29) is 5.91 Å². The second-order valence-electron chi connectivity index (χ2n) is 6.38. The fourth-order valence-electron chi connectivity index (χ4n) is 3.08. The van der Waals surface area contributed by atoms with Gasteiger partial charge in [0.25, 0.3) is 5.91 Å². The molecular weight excluding hydrogens is 288 g/mol. The van der Waals surface area contributed by atoms with Crippen LogP contribution in [0, 0.1) is 12.8 Å². The number of hydrogen-bond donors (Lipinski definition) is 0. The summed E-state index contributed by atoms with van der Waals surface area (Å²) in [6.07, 6.45) is 5.87. The van der Waals surface area contributed by atoms with Gasteiger partial charge in [-0.25, -0.2) is 4.98 Å². The summed E-state index contributed by atoms with van der Waals surface area (Å²) in [5.74, 6) is 0.754. The molecule has 2 aromatic rings. The van der Waals surface area contributed by atoms with Crippen LogP contribution in [0.1, 0.15) is 29.0 Å². The largest absolute Gasteiger partial charge is 0.368 e. The van der Waals surface area contributed by atoms with Gasteiger partial charge in [0.15, 0.2) is 0 Å². The van der Waals surface area contributed by atoms with E-state index in [0.717, 1.165) is 36.1 Å². The van der Waals surface area contributed by atoms with Crippen LogP contribution in [0.15, 0.2) is 36.7 Å². The van der Waals surface area contributed by atoms with Crippen LogP contribution in [-0.2, 0) is 0 Å². The molecule has 1 aromatic carbocycles. The van der Waals surface area contributed by atoms with Crippen LogP contribution in [0.4, 0.5) is 11.4 Å². The van der Waals surface area contributed by atoms with Crippen molar-refractivity contribution in [2.24, 2.45) is 5.92 Å². The highest BCUT2D eigenvalue weighted by molar-refractivity contribution is 6.07. The second-order valence-corrected chi connectivity index (χ2v) is 6.38. The van der Waals surface area contributed by atoms with E-state index in [0.29, 0.717) is 12.2 Å². The lowest BCUT2D eigenvalue weighted by atomic mass is 10.1. The highest BCUT2D eigenvalue weighted by Crippen LogP contribution is 2.37. The van der Waals surface area contributed by atoms with Gasteiger partial charge in [-0.05, 0) is 37.8 Å². The molecule has 2 aliphatic rings. The molecule has 5 heteroatoms. The Kier molecular flexibility index (Phi) is 3.48. The van der Waals surface area contributed by atoms with Gasteiger partial charge in [0, 0.05) is 25.8 Å². The number of hydrogen-bond acceptors (Lipinski definition) is 4. The number of carbonyl (C=O) groups excluding carboxylic acids is 1. The molecule has 4 rings (SSSR count). The van der Waals surface area contributed by atoms with Crippen LogP contribution in [0.5, 0.6) is 0 Å². The van der Waals surface area contributed by atoms with E-state index < -0.39 is 0 Å². The molecule has 23 heavy (non-hydrogen) atoms. The van der Waals surface area contributed by atoms with Crippen LogP contribution in [0.2, 0.25) is 0 Å². The third-order valence-corrected chi connectivity index (χ3v) is 4.53. The van der Waals surface area contributed by atoms with E-state index in [1.165, 1.54) is 12.8 Å². The minimum absolute atomic E-state index is 0.0731. The number of para-hydroxylation sites is 2. The Balaban J connectivity index is 1.63. The molecule has 0 atom stereocenters. The normalized spacial score (nSPS) is 17.1. The standard InChI is InChI=1S/C18H20N4O/c1-13-10-20-15(11-19-13)18(23)22-9-8-21(12-14-6-7-14)16-4-2-3-5-17(16)22/h2-5,10-11,14H,6-9,12H2,1H3. The zero-order valence-electron chi connectivity index (χ0n) is 13.3. The van der Waals surface area contributed by atoms with Crippen molar-refractivity contribution in [1.82, 2.24) is 9.97 Å². The molecule has 1 fully saturated rings.